The van der Waals surface area contributed by atoms with E-state index in [4.69, 9.17) is 0 Å². The van der Waals surface area contributed by atoms with E-state index in [0.29, 0.717) is 5.69 Å². The summed E-state index contributed by atoms with van der Waals surface area (Å²) < 4.78 is 37.9. The van der Waals surface area contributed by atoms with E-state index in [9.17, 15) is 13.2 Å². The average molecular weight is 217 g/mol. The topological polar surface area (TPSA) is 12.9 Å². The fourth-order valence-electron chi connectivity index (χ4n) is 1.47. The number of alkyl halides is 3. The number of nitrogens with zero attached hydrogens (tertiary/aromatic N) is 1. The largest absolute Gasteiger partial charge is 0.392 e. The van der Waals surface area contributed by atoms with Crippen LogP contribution in [0.1, 0.15) is 19.5 Å². The molecule has 1 atom stereocenters. The van der Waals surface area contributed by atoms with Gasteiger partial charge in [-0.25, -0.2) is 0 Å². The van der Waals surface area contributed by atoms with Crippen LogP contribution in [0.3, 0.4) is 0 Å². The molecule has 1 heterocycles. The van der Waals surface area contributed by atoms with Gasteiger partial charge in [-0.15, -0.1) is 0 Å². The maximum atomic E-state index is 12.6. The lowest BCUT2D eigenvalue weighted by Crippen LogP contribution is -2.29. The predicted octanol–water partition coefficient (Wildman–Crippen LogP) is 3.46. The fourth-order valence-corrected chi connectivity index (χ4v) is 1.47. The van der Waals surface area contributed by atoms with Crippen molar-refractivity contribution in [3.8, 4) is 0 Å². The summed E-state index contributed by atoms with van der Waals surface area (Å²) in [5.41, 5.74) is 0.494. The van der Waals surface area contributed by atoms with Crippen molar-refractivity contribution in [2.45, 2.75) is 26.4 Å². The number of halogens is 3. The summed E-state index contributed by atoms with van der Waals surface area (Å²) >= 11 is 0. The Morgan fingerprint density at radius 3 is 2.33 bits per heavy atom. The molecule has 0 fully saturated rings. The van der Waals surface area contributed by atoms with Gasteiger partial charge in [-0.2, -0.15) is 13.2 Å². The van der Waals surface area contributed by atoms with Crippen LogP contribution in [0.15, 0.2) is 24.4 Å². The minimum Gasteiger partial charge on any atom is -0.261 e. The van der Waals surface area contributed by atoms with E-state index >= 15 is 0 Å². The van der Waals surface area contributed by atoms with Gasteiger partial charge in [0.25, 0.3) is 0 Å². The van der Waals surface area contributed by atoms with Crippen LogP contribution >= 0.6 is 0 Å². The maximum absolute atomic E-state index is 12.6. The lowest BCUT2D eigenvalue weighted by molar-refractivity contribution is -0.185. The summed E-state index contributed by atoms with van der Waals surface area (Å²) in [7, 11) is 0. The number of aromatic nitrogens is 1. The van der Waals surface area contributed by atoms with Gasteiger partial charge < -0.3 is 0 Å². The lowest BCUT2D eigenvalue weighted by atomic mass is 9.90. The zero-order chi connectivity index (χ0) is 11.5. The first-order valence-corrected chi connectivity index (χ1v) is 4.88. The van der Waals surface area contributed by atoms with E-state index in [-0.39, 0.29) is 6.42 Å². The van der Waals surface area contributed by atoms with Crippen LogP contribution in [0.25, 0.3) is 0 Å². The van der Waals surface area contributed by atoms with Crippen molar-refractivity contribution in [1.82, 2.24) is 4.98 Å². The van der Waals surface area contributed by atoms with Crippen LogP contribution in [0, 0.1) is 11.8 Å². The van der Waals surface area contributed by atoms with Crippen molar-refractivity contribution in [3.05, 3.63) is 30.1 Å². The van der Waals surface area contributed by atoms with Gasteiger partial charge in [0.2, 0.25) is 0 Å². The highest BCUT2D eigenvalue weighted by molar-refractivity contribution is 5.05. The highest BCUT2D eigenvalue weighted by atomic mass is 19.4. The van der Waals surface area contributed by atoms with Crippen LogP contribution in [0.5, 0.6) is 0 Å². The smallest absolute Gasteiger partial charge is 0.261 e. The molecule has 0 aromatic carbocycles. The molecule has 0 aliphatic carbocycles. The Kier molecular flexibility index (Phi) is 3.72. The molecular formula is C11H14F3N. The Balaban J connectivity index is 2.77. The van der Waals surface area contributed by atoms with Gasteiger partial charge in [0.05, 0.1) is 5.92 Å². The Bertz CT molecular complexity index is 292. The van der Waals surface area contributed by atoms with E-state index in [1.54, 1.807) is 32.0 Å². The number of hydrogen-bond acceptors (Lipinski definition) is 1. The standard InChI is InChI=1S/C11H14F3N/c1-8(2)10(11(12,13)14)7-9-5-3-4-6-15-9/h3-6,8,10H,7H2,1-2H3. The van der Waals surface area contributed by atoms with E-state index in [1.807, 2.05) is 0 Å². The Hall–Kier alpha value is -1.06. The predicted molar refractivity (Wildman–Crippen MR) is 52.3 cm³/mol. The van der Waals surface area contributed by atoms with Crippen molar-refractivity contribution in [3.63, 3.8) is 0 Å². The summed E-state index contributed by atoms with van der Waals surface area (Å²) in [4.78, 5) is 3.91. The molecule has 0 saturated carbocycles. The molecular weight excluding hydrogens is 203 g/mol. The minimum atomic E-state index is -4.15. The molecule has 1 rings (SSSR count). The van der Waals surface area contributed by atoms with Crippen molar-refractivity contribution >= 4 is 0 Å². The second-order valence-corrected chi connectivity index (χ2v) is 3.92. The molecule has 1 nitrogen and oxygen atoms in total. The molecule has 0 aliphatic rings. The summed E-state index contributed by atoms with van der Waals surface area (Å²) in [6.07, 6.45) is -2.67. The molecule has 0 radical (unpaired) electrons. The van der Waals surface area contributed by atoms with Crippen LogP contribution < -0.4 is 0 Å². The summed E-state index contributed by atoms with van der Waals surface area (Å²) in [6, 6.07) is 5.03. The zero-order valence-corrected chi connectivity index (χ0v) is 8.75. The van der Waals surface area contributed by atoms with Crippen molar-refractivity contribution in [2.75, 3.05) is 0 Å². The Morgan fingerprint density at radius 1 is 1.27 bits per heavy atom. The molecule has 0 amide bonds. The van der Waals surface area contributed by atoms with E-state index < -0.39 is 18.0 Å². The minimum absolute atomic E-state index is 0.0397. The molecule has 4 heteroatoms. The molecule has 1 unspecified atom stereocenters. The first-order chi connectivity index (χ1) is 6.91. The van der Waals surface area contributed by atoms with Crippen molar-refractivity contribution in [2.24, 2.45) is 11.8 Å². The molecule has 0 saturated heterocycles. The molecule has 0 aliphatic heterocycles. The summed E-state index contributed by atoms with van der Waals surface area (Å²) in [5, 5.41) is 0. The fraction of sp³-hybridized carbons (Fsp3) is 0.545. The van der Waals surface area contributed by atoms with Crippen molar-refractivity contribution < 1.29 is 13.2 Å². The number of rotatable bonds is 3. The molecule has 84 valence electrons. The maximum Gasteiger partial charge on any atom is 0.392 e. The molecule has 15 heavy (non-hydrogen) atoms. The first kappa shape index (κ1) is 12.0. The van der Waals surface area contributed by atoms with Gasteiger partial charge in [-0.05, 0) is 18.1 Å². The number of pyridine rings is 1. The third-order valence-electron chi connectivity index (χ3n) is 2.38. The van der Waals surface area contributed by atoms with Gasteiger partial charge >= 0.3 is 6.18 Å². The molecule has 0 bridgehead atoms. The average Bonchev–Trinajstić information content (AvgIpc) is 2.13. The Labute approximate surface area is 87.3 Å². The molecule has 0 spiro atoms. The summed E-state index contributed by atoms with van der Waals surface area (Å²) in [5.74, 6) is -1.74. The molecule has 1 aromatic heterocycles. The van der Waals surface area contributed by atoms with Crippen molar-refractivity contribution in [1.29, 1.82) is 0 Å². The highest BCUT2D eigenvalue weighted by Crippen LogP contribution is 2.34. The van der Waals surface area contributed by atoms with Crippen LogP contribution in [-0.2, 0) is 6.42 Å². The Morgan fingerprint density at radius 2 is 1.93 bits per heavy atom. The highest BCUT2D eigenvalue weighted by Gasteiger charge is 2.41. The quantitative estimate of drug-likeness (QED) is 0.755. The monoisotopic (exact) mass is 217 g/mol. The third-order valence-corrected chi connectivity index (χ3v) is 2.38. The molecule has 1 aromatic rings. The van der Waals surface area contributed by atoms with Crippen LogP contribution in [0.4, 0.5) is 13.2 Å². The lowest BCUT2D eigenvalue weighted by Gasteiger charge is -2.23. The molecule has 0 N–H and O–H groups in total. The van der Waals surface area contributed by atoms with Gasteiger partial charge in [0.1, 0.15) is 0 Å². The van der Waals surface area contributed by atoms with Gasteiger partial charge in [0.15, 0.2) is 0 Å². The van der Waals surface area contributed by atoms with Gasteiger partial charge in [0, 0.05) is 18.3 Å². The SMILES string of the molecule is CC(C)C(Cc1ccccn1)C(F)(F)F. The van der Waals surface area contributed by atoms with E-state index in [1.165, 1.54) is 6.20 Å². The van der Waals surface area contributed by atoms with Crippen LogP contribution in [-0.4, -0.2) is 11.2 Å². The van der Waals surface area contributed by atoms with E-state index in [2.05, 4.69) is 4.98 Å². The van der Waals surface area contributed by atoms with Crippen LogP contribution in [0.2, 0.25) is 0 Å². The third kappa shape index (κ3) is 3.53. The second-order valence-electron chi connectivity index (χ2n) is 3.92. The zero-order valence-electron chi connectivity index (χ0n) is 8.75. The number of hydrogen-bond donors (Lipinski definition) is 0. The normalized spacial score (nSPS) is 14.3. The van der Waals surface area contributed by atoms with Gasteiger partial charge in [-0.3, -0.25) is 4.98 Å². The van der Waals surface area contributed by atoms with E-state index in [0.717, 1.165) is 0 Å². The second kappa shape index (κ2) is 4.64. The first-order valence-electron chi connectivity index (χ1n) is 4.88. The van der Waals surface area contributed by atoms with Gasteiger partial charge in [-0.1, -0.05) is 19.9 Å². The summed E-state index contributed by atoms with van der Waals surface area (Å²) in [6.45, 7) is 3.17.